The lowest BCUT2D eigenvalue weighted by Crippen LogP contribution is -2.22. The number of fused-ring (bicyclic) bond motifs is 1. The summed E-state index contributed by atoms with van der Waals surface area (Å²) in [5.74, 6) is -1.80. The van der Waals surface area contributed by atoms with Crippen molar-refractivity contribution in [3.05, 3.63) is 28.6 Å². The molecule has 6 nitrogen and oxygen atoms in total. The zero-order valence-electron chi connectivity index (χ0n) is 11.1. The minimum Gasteiger partial charge on any atom is -0.508 e. The first-order valence-corrected chi connectivity index (χ1v) is 8.23. The fraction of sp³-hybridized carbons (Fsp3) is 0.462. The van der Waals surface area contributed by atoms with Crippen LogP contribution in [0.4, 0.5) is 4.39 Å². The van der Waals surface area contributed by atoms with Crippen LogP contribution in [0.15, 0.2) is 6.07 Å². The maximum atomic E-state index is 14.7. The van der Waals surface area contributed by atoms with Gasteiger partial charge < -0.3 is 10.4 Å². The van der Waals surface area contributed by atoms with Crippen molar-refractivity contribution in [2.24, 2.45) is 0 Å². The van der Waals surface area contributed by atoms with Crippen LogP contribution in [-0.2, 0) is 27.7 Å². The molecule has 0 radical (unpaired) electrons. The van der Waals surface area contributed by atoms with Gasteiger partial charge in [0.1, 0.15) is 16.8 Å². The van der Waals surface area contributed by atoms with Gasteiger partial charge in [0.25, 0.3) is 0 Å². The molecule has 1 atom stereocenters. The predicted molar refractivity (Wildman–Crippen MR) is 72.8 cm³/mol. The van der Waals surface area contributed by atoms with Crippen molar-refractivity contribution in [1.82, 2.24) is 10.0 Å². The molecule has 0 spiro atoms. The van der Waals surface area contributed by atoms with E-state index in [4.69, 9.17) is 0 Å². The van der Waals surface area contributed by atoms with Crippen molar-refractivity contribution < 1.29 is 22.7 Å². The zero-order chi connectivity index (χ0) is 15.2. The van der Waals surface area contributed by atoms with E-state index in [1.807, 2.05) is 4.72 Å². The molecule has 3 N–H and O–H groups in total. The fourth-order valence-corrected chi connectivity index (χ4v) is 4.36. The van der Waals surface area contributed by atoms with Crippen LogP contribution in [0.2, 0.25) is 0 Å². The quantitative estimate of drug-likeness (QED) is 0.684. The first-order valence-electron chi connectivity index (χ1n) is 6.68. The molecule has 2 aliphatic rings. The molecule has 0 saturated carbocycles. The Morgan fingerprint density at radius 1 is 1.29 bits per heavy atom. The number of nitrogens with one attached hydrogen (secondary N) is 2. The standard InChI is InChI=1S/C13H15FN2O4S/c14-13-8-2-4-15-3-1-7(8)5-9(17)12(13)10-6-11(18)16-21(10,19)20/h5,10,15,17H,1-4,6H2,(H,16,18). The number of aromatic hydroxyl groups is 1. The van der Waals surface area contributed by atoms with E-state index in [1.165, 1.54) is 6.07 Å². The number of halogens is 1. The number of carbonyl (C=O) groups is 1. The van der Waals surface area contributed by atoms with Crippen molar-refractivity contribution in [3.8, 4) is 5.75 Å². The summed E-state index contributed by atoms with van der Waals surface area (Å²) in [6, 6.07) is 1.42. The summed E-state index contributed by atoms with van der Waals surface area (Å²) >= 11 is 0. The van der Waals surface area contributed by atoms with Gasteiger partial charge in [-0.3, -0.25) is 9.52 Å². The van der Waals surface area contributed by atoms with Crippen LogP contribution in [0.3, 0.4) is 0 Å². The van der Waals surface area contributed by atoms with E-state index in [1.54, 1.807) is 0 Å². The third kappa shape index (κ3) is 2.38. The van der Waals surface area contributed by atoms with E-state index in [2.05, 4.69) is 5.32 Å². The summed E-state index contributed by atoms with van der Waals surface area (Å²) in [5, 5.41) is 11.8. The Labute approximate surface area is 121 Å². The molecule has 1 unspecified atom stereocenters. The number of benzene rings is 1. The van der Waals surface area contributed by atoms with Crippen LogP contribution in [0.25, 0.3) is 0 Å². The molecule has 0 aromatic heterocycles. The van der Waals surface area contributed by atoms with Crippen LogP contribution in [0, 0.1) is 5.82 Å². The Morgan fingerprint density at radius 2 is 2.00 bits per heavy atom. The number of amides is 1. The Kier molecular flexibility index (Phi) is 3.37. The van der Waals surface area contributed by atoms with Crippen LogP contribution in [0.5, 0.6) is 5.75 Å². The zero-order valence-corrected chi connectivity index (χ0v) is 12.0. The monoisotopic (exact) mass is 314 g/mol. The molecule has 114 valence electrons. The van der Waals surface area contributed by atoms with E-state index >= 15 is 0 Å². The number of hydrogen-bond acceptors (Lipinski definition) is 5. The number of phenols is 1. The van der Waals surface area contributed by atoms with E-state index in [9.17, 15) is 22.7 Å². The largest absolute Gasteiger partial charge is 0.508 e. The highest BCUT2D eigenvalue weighted by molar-refractivity contribution is 7.90. The Balaban J connectivity index is 2.16. The predicted octanol–water partition coefficient (Wildman–Crippen LogP) is 0.110. The van der Waals surface area contributed by atoms with Crippen LogP contribution in [0.1, 0.15) is 28.4 Å². The molecule has 2 heterocycles. The molecule has 0 aliphatic carbocycles. The molecule has 3 rings (SSSR count). The van der Waals surface area contributed by atoms with E-state index in [0.29, 0.717) is 37.1 Å². The molecule has 1 saturated heterocycles. The fourth-order valence-electron chi connectivity index (χ4n) is 2.91. The minimum atomic E-state index is -3.99. The molecule has 1 fully saturated rings. The highest BCUT2D eigenvalue weighted by atomic mass is 32.2. The second kappa shape index (κ2) is 4.96. The minimum absolute atomic E-state index is 0.297. The number of rotatable bonds is 1. The first kappa shape index (κ1) is 14.3. The lowest BCUT2D eigenvalue weighted by molar-refractivity contribution is -0.118. The average molecular weight is 314 g/mol. The molecule has 1 aromatic carbocycles. The second-order valence-corrected chi connectivity index (χ2v) is 7.14. The van der Waals surface area contributed by atoms with Gasteiger partial charge in [-0.1, -0.05) is 0 Å². The third-order valence-corrected chi connectivity index (χ3v) is 5.59. The van der Waals surface area contributed by atoms with E-state index < -0.39 is 32.7 Å². The van der Waals surface area contributed by atoms with Crippen LogP contribution < -0.4 is 10.0 Å². The van der Waals surface area contributed by atoms with Gasteiger partial charge in [-0.05, 0) is 43.1 Å². The third-order valence-electron chi connectivity index (χ3n) is 3.92. The molecule has 21 heavy (non-hydrogen) atoms. The van der Waals surface area contributed by atoms with Gasteiger partial charge in [0.05, 0.1) is 12.0 Å². The highest BCUT2D eigenvalue weighted by Gasteiger charge is 2.41. The lowest BCUT2D eigenvalue weighted by Gasteiger charge is -2.16. The molecular formula is C13H15FN2O4S. The van der Waals surface area contributed by atoms with Crippen molar-refractivity contribution in [1.29, 1.82) is 0 Å². The molecule has 2 aliphatic heterocycles. The number of hydrogen-bond donors (Lipinski definition) is 3. The Morgan fingerprint density at radius 3 is 2.67 bits per heavy atom. The van der Waals surface area contributed by atoms with Crippen LogP contribution in [-0.4, -0.2) is 32.5 Å². The smallest absolute Gasteiger partial charge is 0.242 e. The topological polar surface area (TPSA) is 95.5 Å². The first-order chi connectivity index (χ1) is 9.90. The summed E-state index contributed by atoms with van der Waals surface area (Å²) in [5.41, 5.74) is 0.796. The van der Waals surface area contributed by atoms with Gasteiger partial charge in [0, 0.05) is 0 Å². The molecule has 0 bridgehead atoms. The maximum Gasteiger partial charge on any atom is 0.242 e. The van der Waals surface area contributed by atoms with E-state index in [0.717, 1.165) is 0 Å². The summed E-state index contributed by atoms with van der Waals surface area (Å²) in [7, 11) is -3.99. The van der Waals surface area contributed by atoms with Gasteiger partial charge in [-0.15, -0.1) is 0 Å². The van der Waals surface area contributed by atoms with Crippen molar-refractivity contribution in [2.75, 3.05) is 13.1 Å². The van der Waals surface area contributed by atoms with E-state index in [-0.39, 0.29) is 12.0 Å². The Bertz CT molecular complexity index is 717. The van der Waals surface area contributed by atoms with Gasteiger partial charge in [0.15, 0.2) is 0 Å². The number of phenolic OH excluding ortho intramolecular Hbond substituents is 1. The normalized spacial score (nSPS) is 24.2. The molecule has 1 aromatic rings. The molecule has 1 amide bonds. The lowest BCUT2D eigenvalue weighted by atomic mass is 9.95. The van der Waals surface area contributed by atoms with Crippen molar-refractivity contribution in [2.45, 2.75) is 24.5 Å². The highest BCUT2D eigenvalue weighted by Crippen LogP contribution is 2.39. The average Bonchev–Trinajstić information content (AvgIpc) is 2.57. The Hall–Kier alpha value is -1.67. The summed E-state index contributed by atoms with van der Waals surface area (Å²) in [6.07, 6.45) is 0.612. The summed E-state index contributed by atoms with van der Waals surface area (Å²) < 4.78 is 40.3. The van der Waals surface area contributed by atoms with Gasteiger partial charge >= 0.3 is 0 Å². The summed E-state index contributed by atoms with van der Waals surface area (Å²) in [6.45, 7) is 1.26. The second-order valence-electron chi connectivity index (χ2n) is 5.27. The van der Waals surface area contributed by atoms with Gasteiger partial charge in [-0.2, -0.15) is 0 Å². The van der Waals surface area contributed by atoms with Crippen molar-refractivity contribution >= 4 is 15.9 Å². The SMILES string of the molecule is O=C1CC(c2c(O)cc3c(c2F)CCNCC3)S(=O)(=O)N1. The van der Waals surface area contributed by atoms with Crippen LogP contribution >= 0.6 is 0 Å². The summed E-state index contributed by atoms with van der Waals surface area (Å²) in [4.78, 5) is 11.3. The molecular weight excluding hydrogens is 299 g/mol. The van der Waals surface area contributed by atoms with Crippen molar-refractivity contribution in [3.63, 3.8) is 0 Å². The number of carbonyl (C=O) groups excluding carboxylic acids is 1. The molecule has 8 heteroatoms. The van der Waals surface area contributed by atoms with Gasteiger partial charge in [0.2, 0.25) is 15.9 Å². The van der Waals surface area contributed by atoms with Gasteiger partial charge in [-0.25, -0.2) is 12.8 Å². The number of sulfonamides is 1. The maximum absolute atomic E-state index is 14.7.